The number of aliphatic hydroxyl groups excluding tert-OH is 1. The van der Waals surface area contributed by atoms with E-state index in [0.717, 1.165) is 30.6 Å². The first-order valence-corrected chi connectivity index (χ1v) is 5.78. The summed E-state index contributed by atoms with van der Waals surface area (Å²) in [6.45, 7) is -0.311. The minimum atomic E-state index is -1.47. The fraction of sp³-hybridized carbons (Fsp3) is 0.727. The SMILES string of the molecule is NC(=O)C(O)CN1C(=O)CC2(CCCC2)C1=O. The van der Waals surface area contributed by atoms with Gasteiger partial charge in [0.25, 0.3) is 0 Å². The first kappa shape index (κ1) is 12.0. The third kappa shape index (κ3) is 1.93. The third-order valence-corrected chi connectivity index (χ3v) is 3.73. The summed E-state index contributed by atoms with van der Waals surface area (Å²) >= 11 is 0. The number of likely N-dealkylation sites (tertiary alicyclic amines) is 1. The van der Waals surface area contributed by atoms with E-state index in [1.54, 1.807) is 0 Å². The van der Waals surface area contributed by atoms with Crippen molar-refractivity contribution in [2.75, 3.05) is 6.54 Å². The topological polar surface area (TPSA) is 101 Å². The Labute approximate surface area is 98.8 Å². The zero-order valence-electron chi connectivity index (χ0n) is 9.52. The molecule has 3 amide bonds. The molecule has 1 aliphatic carbocycles. The molecule has 6 heteroatoms. The van der Waals surface area contributed by atoms with E-state index in [2.05, 4.69) is 0 Å². The Bertz CT molecular complexity index is 374. The Balaban J connectivity index is 2.11. The maximum absolute atomic E-state index is 12.1. The van der Waals surface area contributed by atoms with Crippen LogP contribution in [-0.4, -0.2) is 40.4 Å². The van der Waals surface area contributed by atoms with Crippen molar-refractivity contribution in [2.24, 2.45) is 11.1 Å². The molecule has 2 aliphatic rings. The van der Waals surface area contributed by atoms with E-state index < -0.39 is 17.4 Å². The third-order valence-electron chi connectivity index (χ3n) is 3.73. The second kappa shape index (κ2) is 4.10. The molecule has 2 fully saturated rings. The fourth-order valence-electron chi connectivity index (χ4n) is 2.75. The minimum Gasteiger partial charge on any atom is -0.381 e. The summed E-state index contributed by atoms with van der Waals surface area (Å²) in [7, 11) is 0. The van der Waals surface area contributed by atoms with Crippen LogP contribution in [-0.2, 0) is 14.4 Å². The Morgan fingerprint density at radius 2 is 2.00 bits per heavy atom. The number of hydrogen-bond acceptors (Lipinski definition) is 4. The van der Waals surface area contributed by atoms with Gasteiger partial charge in [-0.15, -0.1) is 0 Å². The van der Waals surface area contributed by atoms with E-state index >= 15 is 0 Å². The number of hydrogen-bond donors (Lipinski definition) is 2. The van der Waals surface area contributed by atoms with E-state index in [0.29, 0.717) is 0 Å². The molecule has 3 N–H and O–H groups in total. The Kier molecular flexibility index (Phi) is 2.91. The van der Waals surface area contributed by atoms with Crippen LogP contribution in [0.5, 0.6) is 0 Å². The van der Waals surface area contributed by atoms with Crippen molar-refractivity contribution in [1.82, 2.24) is 4.90 Å². The van der Waals surface area contributed by atoms with Gasteiger partial charge >= 0.3 is 0 Å². The lowest BCUT2D eigenvalue weighted by Crippen LogP contribution is -2.44. The van der Waals surface area contributed by atoms with Gasteiger partial charge in [0.1, 0.15) is 0 Å². The average molecular weight is 240 g/mol. The second-order valence-corrected chi connectivity index (χ2v) is 4.89. The largest absolute Gasteiger partial charge is 0.381 e. The number of nitrogens with two attached hydrogens (primary N) is 1. The maximum atomic E-state index is 12.1. The highest BCUT2D eigenvalue weighted by molar-refractivity contribution is 6.06. The van der Waals surface area contributed by atoms with Crippen LogP contribution in [0, 0.1) is 5.41 Å². The van der Waals surface area contributed by atoms with E-state index in [1.165, 1.54) is 0 Å². The number of carbonyl (C=O) groups excluding carboxylic acids is 3. The van der Waals surface area contributed by atoms with Gasteiger partial charge in [0.2, 0.25) is 17.7 Å². The molecule has 0 bridgehead atoms. The second-order valence-electron chi connectivity index (χ2n) is 4.89. The van der Waals surface area contributed by atoms with Gasteiger partial charge in [0.05, 0.1) is 12.0 Å². The van der Waals surface area contributed by atoms with Crippen molar-refractivity contribution < 1.29 is 19.5 Å². The Morgan fingerprint density at radius 1 is 1.41 bits per heavy atom. The molecule has 0 radical (unpaired) electrons. The van der Waals surface area contributed by atoms with Gasteiger partial charge in [-0.3, -0.25) is 19.3 Å². The number of imide groups is 1. The minimum absolute atomic E-state index is 0.206. The van der Waals surface area contributed by atoms with Crippen LogP contribution in [0.1, 0.15) is 32.1 Å². The maximum Gasteiger partial charge on any atom is 0.248 e. The summed E-state index contributed by atoms with van der Waals surface area (Å²) in [6, 6.07) is 0. The van der Waals surface area contributed by atoms with Crippen molar-refractivity contribution in [3.05, 3.63) is 0 Å². The van der Waals surface area contributed by atoms with Crippen LogP contribution < -0.4 is 5.73 Å². The van der Waals surface area contributed by atoms with Gasteiger partial charge in [-0.1, -0.05) is 12.8 Å². The first-order chi connectivity index (χ1) is 7.96. The highest BCUT2D eigenvalue weighted by atomic mass is 16.3. The molecule has 1 spiro atoms. The highest BCUT2D eigenvalue weighted by Gasteiger charge is 2.52. The lowest BCUT2D eigenvalue weighted by molar-refractivity contribution is -0.144. The van der Waals surface area contributed by atoms with Crippen molar-refractivity contribution in [3.8, 4) is 0 Å². The number of rotatable bonds is 3. The number of aliphatic hydroxyl groups is 1. The van der Waals surface area contributed by atoms with E-state index in [4.69, 9.17) is 5.73 Å². The van der Waals surface area contributed by atoms with Gasteiger partial charge < -0.3 is 10.8 Å². The summed E-state index contributed by atoms with van der Waals surface area (Å²) in [4.78, 5) is 35.6. The quantitative estimate of drug-likeness (QED) is 0.627. The molecule has 0 aromatic carbocycles. The summed E-state index contributed by atoms with van der Waals surface area (Å²) in [6.07, 6.45) is 2.08. The molecule has 1 heterocycles. The molecule has 1 unspecified atom stereocenters. The van der Waals surface area contributed by atoms with E-state index in [-0.39, 0.29) is 24.8 Å². The van der Waals surface area contributed by atoms with Gasteiger partial charge in [-0.2, -0.15) is 0 Å². The average Bonchev–Trinajstić information content (AvgIpc) is 2.81. The zero-order valence-corrected chi connectivity index (χ0v) is 9.52. The van der Waals surface area contributed by atoms with Crippen LogP contribution >= 0.6 is 0 Å². The lowest BCUT2D eigenvalue weighted by Gasteiger charge is -2.21. The molecule has 6 nitrogen and oxygen atoms in total. The molecular weight excluding hydrogens is 224 g/mol. The fourth-order valence-corrected chi connectivity index (χ4v) is 2.75. The number of amides is 3. The lowest BCUT2D eigenvalue weighted by atomic mass is 9.84. The van der Waals surface area contributed by atoms with E-state index in [9.17, 15) is 19.5 Å². The molecule has 2 rings (SSSR count). The summed E-state index contributed by atoms with van der Waals surface area (Å²) in [5.74, 6) is -1.48. The van der Waals surface area contributed by atoms with Crippen molar-refractivity contribution >= 4 is 17.7 Å². The van der Waals surface area contributed by atoms with Crippen molar-refractivity contribution in [1.29, 1.82) is 0 Å². The van der Waals surface area contributed by atoms with Crippen LogP contribution in [0.4, 0.5) is 0 Å². The standard InChI is InChI=1S/C11H16N2O4/c12-9(16)7(14)6-13-8(15)5-11(10(13)17)3-1-2-4-11/h7,14H,1-6H2,(H2,12,16). The normalized spacial score (nSPS) is 24.6. The van der Waals surface area contributed by atoms with Gasteiger partial charge in [0.15, 0.2) is 6.10 Å². The van der Waals surface area contributed by atoms with Crippen LogP contribution in [0.2, 0.25) is 0 Å². The van der Waals surface area contributed by atoms with Crippen LogP contribution in [0.25, 0.3) is 0 Å². The number of nitrogens with zero attached hydrogens (tertiary/aromatic N) is 1. The molecule has 0 aromatic heterocycles. The number of β-amino-alcohol motifs (C(OH)–C–C–N with tert-alkyl or cyclic N) is 1. The summed E-state index contributed by atoms with van der Waals surface area (Å²) in [5, 5.41) is 9.33. The monoisotopic (exact) mass is 240 g/mol. The zero-order chi connectivity index (χ0) is 12.6. The van der Waals surface area contributed by atoms with Crippen LogP contribution in [0.15, 0.2) is 0 Å². The number of carbonyl (C=O) groups is 3. The smallest absolute Gasteiger partial charge is 0.248 e. The molecular formula is C11H16N2O4. The van der Waals surface area contributed by atoms with Gasteiger partial charge in [-0.25, -0.2) is 0 Å². The van der Waals surface area contributed by atoms with Gasteiger partial charge in [0, 0.05) is 6.42 Å². The molecule has 94 valence electrons. The van der Waals surface area contributed by atoms with E-state index in [1.807, 2.05) is 0 Å². The molecule has 1 aliphatic heterocycles. The number of primary amides is 1. The molecule has 1 saturated carbocycles. The molecule has 17 heavy (non-hydrogen) atoms. The first-order valence-electron chi connectivity index (χ1n) is 5.78. The molecule has 1 saturated heterocycles. The van der Waals surface area contributed by atoms with Crippen molar-refractivity contribution in [2.45, 2.75) is 38.2 Å². The van der Waals surface area contributed by atoms with Crippen molar-refractivity contribution in [3.63, 3.8) is 0 Å². The Hall–Kier alpha value is -1.43. The molecule has 0 aromatic rings. The van der Waals surface area contributed by atoms with Gasteiger partial charge in [-0.05, 0) is 12.8 Å². The highest BCUT2D eigenvalue weighted by Crippen LogP contribution is 2.46. The summed E-state index contributed by atoms with van der Waals surface area (Å²) < 4.78 is 0. The predicted octanol–water partition coefficient (Wildman–Crippen LogP) is -0.848. The van der Waals surface area contributed by atoms with Crippen LogP contribution in [0.3, 0.4) is 0 Å². The summed E-state index contributed by atoms with van der Waals surface area (Å²) in [5.41, 5.74) is 4.35. The predicted molar refractivity (Wildman–Crippen MR) is 57.4 cm³/mol. The molecule has 1 atom stereocenters. The Morgan fingerprint density at radius 3 is 2.53 bits per heavy atom.